The van der Waals surface area contributed by atoms with E-state index in [1.165, 1.54) is 0 Å². The Morgan fingerprint density at radius 2 is 2.00 bits per heavy atom. The van der Waals surface area contributed by atoms with Crippen molar-refractivity contribution >= 4 is 8.69 Å². The predicted octanol–water partition coefficient (Wildman–Crippen LogP) is 2.14. The van der Waals surface area contributed by atoms with Crippen LogP contribution in [0.5, 0.6) is 0 Å². The molecule has 0 radical (unpaired) electrons. The summed E-state index contributed by atoms with van der Waals surface area (Å²) in [6.07, 6.45) is 0. The van der Waals surface area contributed by atoms with Crippen LogP contribution in [0.25, 0.3) is 0 Å². The van der Waals surface area contributed by atoms with Gasteiger partial charge in [-0.25, -0.2) is 0 Å². The first kappa shape index (κ1) is 7.39. The third kappa shape index (κ3) is 2.26. The summed E-state index contributed by atoms with van der Waals surface area (Å²) in [6, 6.07) is 9.64. The molecule has 0 saturated heterocycles. The zero-order chi connectivity index (χ0) is 7.23. The van der Waals surface area contributed by atoms with Gasteiger partial charge in [0, 0.05) is 0 Å². The molecule has 10 heavy (non-hydrogen) atoms. The van der Waals surface area contributed by atoms with E-state index < -0.39 is 8.69 Å². The molecule has 1 atom stereocenters. The van der Waals surface area contributed by atoms with Crippen molar-refractivity contribution < 1.29 is 9.09 Å². The molecule has 0 amide bonds. The van der Waals surface area contributed by atoms with Gasteiger partial charge in [0.25, 0.3) is 0 Å². The lowest BCUT2D eigenvalue weighted by Gasteiger charge is -1.90. The first-order valence-electron chi connectivity index (χ1n) is 2.96. The van der Waals surface area contributed by atoms with E-state index in [0.29, 0.717) is 6.61 Å². The second kappa shape index (κ2) is 4.15. The molecule has 3 heteroatoms. The van der Waals surface area contributed by atoms with Crippen LogP contribution < -0.4 is 0 Å². The Morgan fingerprint density at radius 1 is 1.30 bits per heavy atom. The second-order valence-corrected chi connectivity index (χ2v) is 2.31. The van der Waals surface area contributed by atoms with Gasteiger partial charge in [0.2, 0.25) is 0 Å². The van der Waals surface area contributed by atoms with Crippen molar-refractivity contribution in [3.63, 3.8) is 0 Å². The fourth-order valence-corrected chi connectivity index (χ4v) is 0.913. The fraction of sp³-hybridized carbons (Fsp3) is 0.143. The molecular weight excluding hydrogens is 147 g/mol. The molecule has 1 rings (SSSR count). The highest BCUT2D eigenvalue weighted by atomic mass is 31.1. The molecule has 1 aromatic carbocycles. The summed E-state index contributed by atoms with van der Waals surface area (Å²) in [5.74, 6) is 0. The molecule has 0 aromatic heterocycles. The van der Waals surface area contributed by atoms with E-state index in [9.17, 15) is 4.57 Å². The Morgan fingerprint density at radius 3 is 2.60 bits per heavy atom. The molecule has 0 aliphatic heterocycles. The molecule has 1 aromatic rings. The van der Waals surface area contributed by atoms with Gasteiger partial charge in [-0.2, -0.15) is 0 Å². The lowest BCUT2D eigenvalue weighted by molar-refractivity contribution is 0.332. The molecule has 0 fully saturated rings. The molecular formula is C7H8O2P+. The lowest BCUT2D eigenvalue weighted by Crippen LogP contribution is -1.80. The zero-order valence-corrected chi connectivity index (χ0v) is 6.41. The summed E-state index contributed by atoms with van der Waals surface area (Å²) >= 11 is 0. The van der Waals surface area contributed by atoms with E-state index in [1.54, 1.807) is 0 Å². The summed E-state index contributed by atoms with van der Waals surface area (Å²) in [5.41, 5.74) is 1.05. The van der Waals surface area contributed by atoms with Gasteiger partial charge in [0.05, 0.1) is 0 Å². The maximum atomic E-state index is 9.91. The largest absolute Gasteiger partial charge is 0.494 e. The van der Waals surface area contributed by atoms with Gasteiger partial charge in [-0.3, -0.25) is 0 Å². The molecule has 52 valence electrons. The minimum Gasteiger partial charge on any atom is -0.143 e. The normalized spacial score (nSPS) is 10.0. The Bertz CT molecular complexity index is 198. The maximum Gasteiger partial charge on any atom is 0.494 e. The minimum absolute atomic E-state index is 0.433. The van der Waals surface area contributed by atoms with Crippen LogP contribution in [0, 0.1) is 0 Å². The van der Waals surface area contributed by atoms with Crippen molar-refractivity contribution in [2.75, 3.05) is 0 Å². The molecule has 0 bridgehead atoms. The van der Waals surface area contributed by atoms with Crippen molar-refractivity contribution in [3.05, 3.63) is 35.9 Å². The average molecular weight is 155 g/mol. The highest BCUT2D eigenvalue weighted by molar-refractivity contribution is 7.17. The molecule has 0 aliphatic carbocycles. The van der Waals surface area contributed by atoms with Crippen molar-refractivity contribution in [1.82, 2.24) is 0 Å². The first-order chi connectivity index (χ1) is 4.93. The quantitative estimate of drug-likeness (QED) is 0.625. The van der Waals surface area contributed by atoms with Crippen LogP contribution in [0.15, 0.2) is 30.3 Å². The van der Waals surface area contributed by atoms with E-state index in [0.717, 1.165) is 5.56 Å². The van der Waals surface area contributed by atoms with Gasteiger partial charge in [-0.15, -0.1) is 4.52 Å². The third-order valence-corrected chi connectivity index (χ3v) is 1.40. The van der Waals surface area contributed by atoms with E-state index >= 15 is 0 Å². The summed E-state index contributed by atoms with van der Waals surface area (Å²) in [5, 5.41) is 0. The first-order valence-corrected chi connectivity index (χ1v) is 3.78. The molecule has 0 heterocycles. The van der Waals surface area contributed by atoms with Crippen LogP contribution in [0.3, 0.4) is 0 Å². The second-order valence-electron chi connectivity index (χ2n) is 1.86. The van der Waals surface area contributed by atoms with Gasteiger partial charge in [-0.1, -0.05) is 30.3 Å². The highest BCUT2D eigenvalue weighted by Gasteiger charge is 1.93. The summed E-state index contributed by atoms with van der Waals surface area (Å²) in [6.45, 7) is 0.433. The van der Waals surface area contributed by atoms with Crippen LogP contribution in [-0.2, 0) is 15.7 Å². The molecule has 0 spiro atoms. The molecule has 0 N–H and O–H groups in total. The summed E-state index contributed by atoms with van der Waals surface area (Å²) in [7, 11) is -0.667. The van der Waals surface area contributed by atoms with E-state index in [1.807, 2.05) is 30.3 Å². The maximum absolute atomic E-state index is 9.91. The Labute approximate surface area is 61.1 Å². The van der Waals surface area contributed by atoms with Gasteiger partial charge >= 0.3 is 8.69 Å². The minimum atomic E-state index is -0.667. The highest BCUT2D eigenvalue weighted by Crippen LogP contribution is 2.04. The van der Waals surface area contributed by atoms with Crippen LogP contribution in [0.4, 0.5) is 0 Å². The van der Waals surface area contributed by atoms with Crippen LogP contribution in [0.2, 0.25) is 0 Å². The zero-order valence-electron chi connectivity index (χ0n) is 5.41. The standard InChI is InChI=1S/C7H8O2P/c8-10-9-6-7-4-2-1-3-5-7/h1-5,10H,6H2/q+1. The van der Waals surface area contributed by atoms with Crippen LogP contribution >= 0.6 is 8.69 Å². The van der Waals surface area contributed by atoms with Gasteiger partial charge in [0.15, 0.2) is 0 Å². The Balaban J connectivity index is 2.50. The van der Waals surface area contributed by atoms with Gasteiger partial charge < -0.3 is 0 Å². The lowest BCUT2D eigenvalue weighted by atomic mass is 10.2. The predicted molar refractivity (Wildman–Crippen MR) is 40.2 cm³/mol. The molecule has 2 nitrogen and oxygen atoms in total. The van der Waals surface area contributed by atoms with Gasteiger partial charge in [0.1, 0.15) is 6.61 Å². The Kier molecular flexibility index (Phi) is 3.07. The van der Waals surface area contributed by atoms with Crippen molar-refractivity contribution in [2.24, 2.45) is 0 Å². The van der Waals surface area contributed by atoms with Crippen molar-refractivity contribution in [3.8, 4) is 0 Å². The number of benzene rings is 1. The van der Waals surface area contributed by atoms with E-state index in [4.69, 9.17) is 4.52 Å². The van der Waals surface area contributed by atoms with Crippen molar-refractivity contribution in [1.29, 1.82) is 0 Å². The average Bonchev–Trinajstić information content (AvgIpc) is 2.03. The van der Waals surface area contributed by atoms with Crippen LogP contribution in [0.1, 0.15) is 5.56 Å². The topological polar surface area (TPSA) is 26.3 Å². The van der Waals surface area contributed by atoms with E-state index in [2.05, 4.69) is 0 Å². The smallest absolute Gasteiger partial charge is 0.143 e. The van der Waals surface area contributed by atoms with E-state index in [-0.39, 0.29) is 0 Å². The van der Waals surface area contributed by atoms with Gasteiger partial charge in [-0.05, 0) is 10.1 Å². The number of hydrogen-bond donors (Lipinski definition) is 0. The fourth-order valence-electron chi connectivity index (χ4n) is 0.687. The number of hydrogen-bond acceptors (Lipinski definition) is 2. The molecule has 1 unspecified atom stereocenters. The Hall–Kier alpha value is -0.720. The monoisotopic (exact) mass is 155 g/mol. The molecule has 0 aliphatic rings. The van der Waals surface area contributed by atoms with Crippen LogP contribution in [-0.4, -0.2) is 0 Å². The summed E-state index contributed by atoms with van der Waals surface area (Å²) < 4.78 is 14.6. The number of rotatable bonds is 3. The third-order valence-electron chi connectivity index (χ3n) is 1.14. The summed E-state index contributed by atoms with van der Waals surface area (Å²) in [4.78, 5) is 0. The SMILES string of the molecule is O=[PH+]OCc1ccccc1. The van der Waals surface area contributed by atoms with Crippen molar-refractivity contribution in [2.45, 2.75) is 6.61 Å². The molecule has 0 saturated carbocycles.